The molecule has 0 amide bonds. The molecule has 0 spiro atoms. The third kappa shape index (κ3) is 8.18. The number of hydrogen-bond acceptors (Lipinski definition) is 13. The first-order valence-electron chi connectivity index (χ1n) is 14.9. The highest BCUT2D eigenvalue weighted by Gasteiger charge is 2.34. The van der Waals surface area contributed by atoms with E-state index in [0.29, 0.717) is 53.6 Å². The third-order valence-electron chi connectivity index (χ3n) is 6.87. The quantitative estimate of drug-likeness (QED) is 0.134. The molecule has 0 saturated heterocycles. The van der Waals surface area contributed by atoms with Crippen molar-refractivity contribution in [1.82, 2.24) is 4.57 Å². The lowest BCUT2D eigenvalue weighted by Crippen LogP contribution is -2.40. The Balaban J connectivity index is 1.87. The number of fused-ring (bicyclic) bond motifs is 1. The van der Waals surface area contributed by atoms with E-state index < -0.39 is 23.9 Å². The number of esters is 3. The molecular weight excluding hydrogens is 759 g/mol. The van der Waals surface area contributed by atoms with Crippen molar-refractivity contribution in [3.05, 3.63) is 76.0 Å². The highest BCUT2D eigenvalue weighted by molar-refractivity contribution is 14.1. The zero-order valence-corrected chi connectivity index (χ0v) is 30.2. The number of benzene rings is 2. The number of thiazole rings is 1. The fourth-order valence-corrected chi connectivity index (χ4v) is 6.63. The summed E-state index contributed by atoms with van der Waals surface area (Å²) in [6.45, 7) is 7.12. The van der Waals surface area contributed by atoms with Gasteiger partial charge in [-0.15, -0.1) is 0 Å². The second-order valence-corrected chi connectivity index (χ2v) is 12.1. The Morgan fingerprint density at radius 2 is 1.56 bits per heavy atom. The zero-order valence-electron chi connectivity index (χ0n) is 27.2. The number of halogens is 1. The first-order chi connectivity index (χ1) is 23.1. The fourth-order valence-electron chi connectivity index (χ4n) is 4.80. The van der Waals surface area contributed by atoms with Crippen LogP contribution in [-0.4, -0.2) is 69.7 Å². The van der Waals surface area contributed by atoms with Crippen LogP contribution in [0.3, 0.4) is 0 Å². The molecule has 15 heteroatoms. The van der Waals surface area contributed by atoms with Crippen LogP contribution < -0.4 is 33.8 Å². The van der Waals surface area contributed by atoms with Gasteiger partial charge in [-0.25, -0.2) is 19.4 Å². The standard InChI is InChI=1S/C33H35IN2O11S/c1-7-43-23-15-20(10-11-22(23)46-16-26(37)41-5)29-28(32(40)45-9-3)18(4)35-33-36(29)31(39)25(48-33)14-19-12-21(34)30(24(13-19)44-8-2)47-17-27(38)42-6/h10-15,29H,7-9,16-17H2,1-6H3/b25-14-/t29-/m1/s1. The second-order valence-electron chi connectivity index (χ2n) is 9.93. The van der Waals surface area contributed by atoms with E-state index in [9.17, 15) is 19.2 Å². The average molecular weight is 795 g/mol. The molecule has 2 aromatic carbocycles. The minimum atomic E-state index is -0.912. The SMILES string of the molecule is CCOC(=O)C1=C(C)N=c2s/c(=C\c3cc(I)c(OCC(=O)OC)c(OCC)c3)c(=O)n2[C@@H]1c1ccc(OCC(=O)OC)c(OCC)c1. The number of rotatable bonds is 14. The van der Waals surface area contributed by atoms with Crippen molar-refractivity contribution in [2.75, 3.05) is 47.3 Å². The minimum absolute atomic E-state index is 0.122. The number of ether oxygens (including phenoxy) is 7. The molecule has 0 N–H and O–H groups in total. The Bertz CT molecular complexity index is 1910. The van der Waals surface area contributed by atoms with Crippen molar-refractivity contribution in [2.24, 2.45) is 4.99 Å². The summed E-state index contributed by atoms with van der Waals surface area (Å²) in [6, 6.07) is 7.56. The van der Waals surface area contributed by atoms with Crippen molar-refractivity contribution >= 4 is 57.9 Å². The number of aromatic nitrogens is 1. The molecule has 0 saturated carbocycles. The summed E-state index contributed by atoms with van der Waals surface area (Å²) in [6.07, 6.45) is 1.70. The van der Waals surface area contributed by atoms with E-state index in [1.165, 1.54) is 18.8 Å². The van der Waals surface area contributed by atoms with Gasteiger partial charge in [-0.2, -0.15) is 0 Å². The molecule has 1 aliphatic rings. The summed E-state index contributed by atoms with van der Waals surface area (Å²) < 4.78 is 40.1. The fraction of sp³-hybridized carbons (Fsp3) is 0.364. The molecular formula is C33H35IN2O11S. The number of carbonyl (C=O) groups excluding carboxylic acids is 3. The summed E-state index contributed by atoms with van der Waals surface area (Å²) in [4.78, 5) is 56.0. The number of hydrogen-bond donors (Lipinski definition) is 0. The molecule has 1 aliphatic heterocycles. The van der Waals surface area contributed by atoms with E-state index in [1.54, 1.807) is 57.2 Å². The predicted molar refractivity (Wildman–Crippen MR) is 183 cm³/mol. The molecule has 4 rings (SSSR count). The monoisotopic (exact) mass is 794 g/mol. The first kappa shape index (κ1) is 36.5. The zero-order chi connectivity index (χ0) is 35.0. The average Bonchev–Trinajstić information content (AvgIpc) is 3.36. The van der Waals surface area contributed by atoms with Gasteiger partial charge in [0.15, 0.2) is 41.0 Å². The Labute approximate surface area is 293 Å². The largest absolute Gasteiger partial charge is 0.490 e. The van der Waals surface area contributed by atoms with Crippen LogP contribution in [0, 0.1) is 3.57 Å². The van der Waals surface area contributed by atoms with Crippen LogP contribution in [0.1, 0.15) is 44.9 Å². The number of nitrogens with zero attached hydrogens (tertiary/aromatic N) is 2. The summed E-state index contributed by atoms with van der Waals surface area (Å²) in [5.74, 6) is -0.350. The van der Waals surface area contributed by atoms with E-state index in [0.717, 1.165) is 11.3 Å². The van der Waals surface area contributed by atoms with Crippen molar-refractivity contribution in [3.8, 4) is 23.0 Å². The van der Waals surface area contributed by atoms with Gasteiger partial charge < -0.3 is 33.2 Å². The molecule has 3 aromatic rings. The lowest BCUT2D eigenvalue weighted by molar-refractivity contribution is -0.143. The van der Waals surface area contributed by atoms with Gasteiger partial charge in [0.25, 0.3) is 5.56 Å². The van der Waals surface area contributed by atoms with Crippen LogP contribution in [0.5, 0.6) is 23.0 Å². The lowest BCUT2D eigenvalue weighted by Gasteiger charge is -2.25. The van der Waals surface area contributed by atoms with Crippen LogP contribution >= 0.6 is 33.9 Å². The maximum atomic E-state index is 14.2. The Hall–Kier alpha value is -4.38. The first-order valence-corrected chi connectivity index (χ1v) is 16.8. The number of methoxy groups -OCH3 is 2. The Kier molecular flexibility index (Phi) is 12.6. The van der Waals surface area contributed by atoms with Gasteiger partial charge in [-0.3, -0.25) is 9.36 Å². The van der Waals surface area contributed by atoms with E-state index in [-0.39, 0.29) is 43.3 Å². The van der Waals surface area contributed by atoms with Gasteiger partial charge in [0, 0.05) is 0 Å². The van der Waals surface area contributed by atoms with Crippen LogP contribution in [0.4, 0.5) is 0 Å². The number of allylic oxidation sites excluding steroid dienone is 1. The van der Waals surface area contributed by atoms with Gasteiger partial charge in [0.05, 0.1) is 59.5 Å². The smallest absolute Gasteiger partial charge is 0.343 e. The molecule has 0 unspecified atom stereocenters. The molecule has 0 bridgehead atoms. The predicted octanol–water partition coefficient (Wildman–Crippen LogP) is 3.30. The molecule has 48 heavy (non-hydrogen) atoms. The van der Waals surface area contributed by atoms with Gasteiger partial charge in [-0.05, 0) is 91.8 Å². The minimum Gasteiger partial charge on any atom is -0.490 e. The summed E-state index contributed by atoms with van der Waals surface area (Å²) in [7, 11) is 2.53. The van der Waals surface area contributed by atoms with Gasteiger partial charge >= 0.3 is 17.9 Å². The molecule has 2 heterocycles. The maximum absolute atomic E-state index is 14.2. The van der Waals surface area contributed by atoms with Crippen LogP contribution in [0.15, 0.2) is 51.4 Å². The highest BCUT2D eigenvalue weighted by atomic mass is 127. The van der Waals surface area contributed by atoms with E-state index in [1.807, 2.05) is 6.92 Å². The van der Waals surface area contributed by atoms with Gasteiger partial charge in [0.1, 0.15) is 0 Å². The van der Waals surface area contributed by atoms with Crippen molar-refractivity contribution in [2.45, 2.75) is 33.7 Å². The molecule has 1 atom stereocenters. The van der Waals surface area contributed by atoms with E-state index >= 15 is 0 Å². The van der Waals surface area contributed by atoms with Crippen LogP contribution in [0.25, 0.3) is 6.08 Å². The van der Waals surface area contributed by atoms with Crippen molar-refractivity contribution < 1.29 is 47.5 Å². The molecule has 256 valence electrons. The number of carbonyl (C=O) groups is 3. The van der Waals surface area contributed by atoms with E-state index in [4.69, 9.17) is 23.7 Å². The van der Waals surface area contributed by atoms with Crippen molar-refractivity contribution in [3.63, 3.8) is 0 Å². The summed E-state index contributed by atoms with van der Waals surface area (Å²) in [5.41, 5.74) is 1.38. The molecule has 0 radical (unpaired) electrons. The normalized spacial score (nSPS) is 14.1. The third-order valence-corrected chi connectivity index (χ3v) is 8.65. The van der Waals surface area contributed by atoms with Crippen molar-refractivity contribution in [1.29, 1.82) is 0 Å². The van der Waals surface area contributed by atoms with Gasteiger partial charge in [0.2, 0.25) is 0 Å². The summed E-state index contributed by atoms with van der Waals surface area (Å²) >= 11 is 3.23. The molecule has 13 nitrogen and oxygen atoms in total. The van der Waals surface area contributed by atoms with E-state index in [2.05, 4.69) is 37.1 Å². The lowest BCUT2D eigenvalue weighted by atomic mass is 9.95. The summed E-state index contributed by atoms with van der Waals surface area (Å²) in [5, 5.41) is 0. The highest BCUT2D eigenvalue weighted by Crippen LogP contribution is 2.37. The topological polar surface area (TPSA) is 150 Å². The van der Waals surface area contributed by atoms with Crippen LogP contribution in [-0.2, 0) is 28.6 Å². The van der Waals surface area contributed by atoms with Crippen LogP contribution in [0.2, 0.25) is 0 Å². The second kappa shape index (κ2) is 16.6. The Morgan fingerprint density at radius 3 is 2.21 bits per heavy atom. The Morgan fingerprint density at radius 1 is 0.896 bits per heavy atom. The van der Waals surface area contributed by atoms with Gasteiger partial charge in [-0.1, -0.05) is 17.4 Å². The molecule has 0 fully saturated rings. The maximum Gasteiger partial charge on any atom is 0.343 e. The molecule has 0 aliphatic carbocycles. The molecule has 1 aromatic heterocycles.